The summed E-state index contributed by atoms with van der Waals surface area (Å²) in [6.07, 6.45) is 70.4. The lowest BCUT2D eigenvalue weighted by Crippen LogP contribution is -2.30. The van der Waals surface area contributed by atoms with E-state index in [0.29, 0.717) is 19.3 Å². The van der Waals surface area contributed by atoms with E-state index in [9.17, 15) is 14.4 Å². The number of hydrogen-bond donors (Lipinski definition) is 0. The number of carbonyl (C=O) groups is 3. The molecule has 0 fully saturated rings. The molecule has 0 heterocycles. The number of ether oxygens (including phenoxy) is 3. The number of carbonyl (C=O) groups excluding carboxylic acids is 3. The lowest BCUT2D eigenvalue weighted by molar-refractivity contribution is -0.167. The summed E-state index contributed by atoms with van der Waals surface area (Å²) in [5, 5.41) is 0. The van der Waals surface area contributed by atoms with Gasteiger partial charge in [0.25, 0.3) is 0 Å². The van der Waals surface area contributed by atoms with Gasteiger partial charge >= 0.3 is 17.9 Å². The molecule has 0 aromatic carbocycles. The fourth-order valence-electron chi connectivity index (χ4n) is 8.00. The number of unbranched alkanes of at least 4 members (excludes halogenated alkanes) is 28. The second-order valence-corrected chi connectivity index (χ2v) is 18.8. The van der Waals surface area contributed by atoms with Gasteiger partial charge in [0, 0.05) is 19.3 Å². The molecule has 0 aliphatic rings. The van der Waals surface area contributed by atoms with Crippen LogP contribution >= 0.6 is 0 Å². The Balaban J connectivity index is 4.39. The zero-order valence-corrected chi connectivity index (χ0v) is 44.2. The largest absolute Gasteiger partial charge is 0.462 e. The van der Waals surface area contributed by atoms with Crippen LogP contribution in [0, 0.1) is 0 Å². The van der Waals surface area contributed by atoms with Gasteiger partial charge in [0.1, 0.15) is 13.2 Å². The van der Waals surface area contributed by atoms with Gasteiger partial charge in [-0.1, -0.05) is 248 Å². The van der Waals surface area contributed by atoms with Crippen molar-refractivity contribution in [2.24, 2.45) is 0 Å². The molecule has 0 saturated heterocycles. The number of hydrogen-bond acceptors (Lipinski definition) is 6. The van der Waals surface area contributed by atoms with Gasteiger partial charge in [0.15, 0.2) is 6.10 Å². The van der Waals surface area contributed by atoms with Crippen LogP contribution in [0.2, 0.25) is 0 Å². The van der Waals surface area contributed by atoms with Gasteiger partial charge in [0.2, 0.25) is 0 Å². The average molecular weight is 936 g/mol. The summed E-state index contributed by atoms with van der Waals surface area (Å²) in [7, 11) is 0. The highest BCUT2D eigenvalue weighted by atomic mass is 16.6. The molecule has 0 bridgehead atoms. The lowest BCUT2D eigenvalue weighted by atomic mass is 10.0. The normalized spacial score (nSPS) is 12.2. The molecule has 0 rings (SSSR count). The van der Waals surface area contributed by atoms with Crippen LogP contribution in [0.5, 0.6) is 0 Å². The third-order valence-electron chi connectivity index (χ3n) is 12.2. The maximum Gasteiger partial charge on any atom is 0.306 e. The predicted octanol–water partition coefficient (Wildman–Crippen LogP) is 19.0. The van der Waals surface area contributed by atoms with Crippen molar-refractivity contribution < 1.29 is 28.6 Å². The fraction of sp³-hybridized carbons (Fsp3) is 0.754. The SMILES string of the molecule is CC/C=C\C/C=C\C/C=C\CCCCCCCC(=O)OCC(COC(=O)CCCCCCC/C=C\C/C=C\C/C=C\CC)OC(=O)CCCCCCCCCCCCCCCCCCCCC. The molecular formula is C61H106O6. The van der Waals surface area contributed by atoms with E-state index in [1.54, 1.807) is 0 Å². The quantitative estimate of drug-likeness (QED) is 0.0262. The van der Waals surface area contributed by atoms with Crippen molar-refractivity contribution in [3.63, 3.8) is 0 Å². The molecule has 0 atom stereocenters. The van der Waals surface area contributed by atoms with Crippen LogP contribution in [0.1, 0.15) is 278 Å². The molecule has 0 aromatic rings. The first-order valence-electron chi connectivity index (χ1n) is 28.4. The van der Waals surface area contributed by atoms with Crippen LogP contribution in [0.3, 0.4) is 0 Å². The Hall–Kier alpha value is -3.15. The molecule has 6 nitrogen and oxygen atoms in total. The van der Waals surface area contributed by atoms with Gasteiger partial charge < -0.3 is 14.2 Å². The second-order valence-electron chi connectivity index (χ2n) is 18.8. The zero-order valence-electron chi connectivity index (χ0n) is 44.2. The van der Waals surface area contributed by atoms with Crippen molar-refractivity contribution in [2.75, 3.05) is 13.2 Å². The summed E-state index contributed by atoms with van der Waals surface area (Å²) in [6, 6.07) is 0. The number of rotatable bonds is 51. The van der Waals surface area contributed by atoms with Gasteiger partial charge in [-0.15, -0.1) is 0 Å². The number of allylic oxidation sites excluding steroid dienone is 12. The van der Waals surface area contributed by atoms with E-state index in [-0.39, 0.29) is 31.1 Å². The molecule has 0 aromatic heterocycles. The highest BCUT2D eigenvalue weighted by Crippen LogP contribution is 2.16. The Labute approximate surface area is 414 Å². The zero-order chi connectivity index (χ0) is 48.6. The van der Waals surface area contributed by atoms with E-state index >= 15 is 0 Å². The van der Waals surface area contributed by atoms with Gasteiger partial charge in [-0.2, -0.15) is 0 Å². The maximum absolute atomic E-state index is 12.9. The van der Waals surface area contributed by atoms with Gasteiger partial charge in [0.05, 0.1) is 0 Å². The minimum absolute atomic E-state index is 0.0882. The first-order chi connectivity index (χ1) is 33.0. The van der Waals surface area contributed by atoms with E-state index in [1.165, 1.54) is 103 Å². The molecule has 0 saturated carbocycles. The Morgan fingerprint density at radius 3 is 0.910 bits per heavy atom. The van der Waals surface area contributed by atoms with E-state index in [2.05, 4.69) is 93.7 Å². The minimum atomic E-state index is -0.788. The van der Waals surface area contributed by atoms with Crippen LogP contribution in [0.25, 0.3) is 0 Å². The summed E-state index contributed by atoms with van der Waals surface area (Å²) in [6.45, 7) is 6.41. The highest BCUT2D eigenvalue weighted by Gasteiger charge is 2.19. The first-order valence-corrected chi connectivity index (χ1v) is 28.4. The molecule has 0 radical (unpaired) electrons. The van der Waals surface area contributed by atoms with Crippen molar-refractivity contribution >= 4 is 17.9 Å². The molecule has 0 spiro atoms. The van der Waals surface area contributed by atoms with Crippen molar-refractivity contribution in [2.45, 2.75) is 284 Å². The third kappa shape index (κ3) is 53.7. The molecule has 0 N–H and O–H groups in total. The monoisotopic (exact) mass is 935 g/mol. The van der Waals surface area contributed by atoms with Crippen LogP contribution in [0.4, 0.5) is 0 Å². The van der Waals surface area contributed by atoms with E-state index < -0.39 is 6.10 Å². The second kappa shape index (κ2) is 55.4. The average Bonchev–Trinajstić information content (AvgIpc) is 3.33. The van der Waals surface area contributed by atoms with Gasteiger partial charge in [-0.05, 0) is 83.5 Å². The molecule has 0 amide bonds. The van der Waals surface area contributed by atoms with E-state index in [0.717, 1.165) is 135 Å². The molecular weight excluding hydrogens is 829 g/mol. The third-order valence-corrected chi connectivity index (χ3v) is 12.2. The molecule has 0 aliphatic heterocycles. The molecule has 67 heavy (non-hydrogen) atoms. The highest BCUT2D eigenvalue weighted by molar-refractivity contribution is 5.71. The minimum Gasteiger partial charge on any atom is -0.462 e. The van der Waals surface area contributed by atoms with Crippen molar-refractivity contribution in [3.05, 3.63) is 72.9 Å². The van der Waals surface area contributed by atoms with Crippen molar-refractivity contribution in [3.8, 4) is 0 Å². The first kappa shape index (κ1) is 63.8. The summed E-state index contributed by atoms with van der Waals surface area (Å²) in [5.41, 5.74) is 0. The van der Waals surface area contributed by atoms with Crippen LogP contribution < -0.4 is 0 Å². The smallest absolute Gasteiger partial charge is 0.306 e. The maximum atomic E-state index is 12.9. The van der Waals surface area contributed by atoms with Crippen molar-refractivity contribution in [1.29, 1.82) is 0 Å². The Morgan fingerprint density at radius 2 is 0.582 bits per heavy atom. The topological polar surface area (TPSA) is 78.9 Å². The van der Waals surface area contributed by atoms with Crippen LogP contribution in [0.15, 0.2) is 72.9 Å². The summed E-state index contributed by atoms with van der Waals surface area (Å²) in [4.78, 5) is 38.1. The standard InChI is InChI=1S/C61H106O6/c1-4-7-10-13-16-19-22-25-28-29-30-31-34-37-40-43-46-49-52-55-61(64)67-58(56-65-59(62)53-50-47-44-41-38-35-32-26-23-20-17-14-11-8-5-2)57-66-60(63)54-51-48-45-42-39-36-33-27-24-21-18-15-12-9-6-3/h8-9,11-12,17-18,20-21,26-27,32-33,58H,4-7,10,13-16,19,22-25,28-31,34-57H2,1-3H3/b11-8-,12-9-,20-17-,21-18-,32-26-,33-27-. The van der Waals surface area contributed by atoms with E-state index in [1.807, 2.05) is 0 Å². The molecule has 0 unspecified atom stereocenters. The van der Waals surface area contributed by atoms with Gasteiger partial charge in [-0.3, -0.25) is 14.4 Å². The lowest BCUT2D eigenvalue weighted by Gasteiger charge is -2.18. The molecule has 0 aliphatic carbocycles. The van der Waals surface area contributed by atoms with E-state index in [4.69, 9.17) is 14.2 Å². The summed E-state index contributed by atoms with van der Waals surface area (Å²) in [5.74, 6) is -0.911. The van der Waals surface area contributed by atoms with Gasteiger partial charge in [-0.25, -0.2) is 0 Å². The van der Waals surface area contributed by atoms with Crippen LogP contribution in [-0.4, -0.2) is 37.2 Å². The Morgan fingerprint density at radius 1 is 0.313 bits per heavy atom. The Bertz CT molecular complexity index is 1190. The molecule has 386 valence electrons. The summed E-state index contributed by atoms with van der Waals surface area (Å²) >= 11 is 0. The van der Waals surface area contributed by atoms with Crippen LogP contribution in [-0.2, 0) is 28.6 Å². The fourth-order valence-corrected chi connectivity index (χ4v) is 8.00. The Kier molecular flexibility index (Phi) is 52.8. The predicted molar refractivity (Wildman–Crippen MR) is 288 cm³/mol. The summed E-state index contributed by atoms with van der Waals surface area (Å²) < 4.78 is 16.8. The van der Waals surface area contributed by atoms with Crippen molar-refractivity contribution in [1.82, 2.24) is 0 Å². The number of esters is 3. The molecule has 6 heteroatoms.